The van der Waals surface area contributed by atoms with Crippen LogP contribution in [0, 0.1) is 6.92 Å². The number of hydrogen-bond acceptors (Lipinski definition) is 5. The number of likely N-dealkylation sites (tertiary alicyclic amines) is 1. The molecule has 10 heteroatoms. The van der Waals surface area contributed by atoms with Gasteiger partial charge in [0.2, 0.25) is 0 Å². The molecular weight excluding hydrogens is 607 g/mol. The number of carboxylic acids is 1. The van der Waals surface area contributed by atoms with Crippen LogP contribution in [0.4, 0.5) is 13.2 Å². The molecule has 5 rings (SSSR count). The van der Waals surface area contributed by atoms with Crippen molar-refractivity contribution in [3.05, 3.63) is 112 Å². The number of benzene rings is 4. The molecule has 1 heterocycles. The summed E-state index contributed by atoms with van der Waals surface area (Å²) in [6.45, 7) is 3.25. The van der Waals surface area contributed by atoms with E-state index < -0.39 is 18.4 Å². The molecule has 4 aromatic rings. The van der Waals surface area contributed by atoms with E-state index in [4.69, 9.17) is 21.1 Å². The average molecular weight is 640 g/mol. The summed E-state index contributed by atoms with van der Waals surface area (Å²) in [5.74, 6) is -0.375. The molecule has 0 bridgehead atoms. The number of hydrogen-bond donors (Lipinski definition) is 1. The Morgan fingerprint density at radius 2 is 1.64 bits per heavy atom. The van der Waals surface area contributed by atoms with Gasteiger partial charge in [0.05, 0.1) is 5.02 Å². The van der Waals surface area contributed by atoms with Crippen LogP contribution in [-0.4, -0.2) is 34.9 Å². The number of piperidine rings is 1. The minimum atomic E-state index is -4.78. The molecule has 0 unspecified atom stereocenters. The molecule has 236 valence electrons. The van der Waals surface area contributed by atoms with Crippen LogP contribution in [0.5, 0.6) is 17.2 Å². The first-order valence-corrected chi connectivity index (χ1v) is 15.0. The predicted octanol–water partition coefficient (Wildman–Crippen LogP) is 8.81. The lowest BCUT2D eigenvalue weighted by Crippen LogP contribution is -2.44. The lowest BCUT2D eigenvalue weighted by atomic mass is 9.97. The maximum atomic E-state index is 12.6. The van der Waals surface area contributed by atoms with Crippen molar-refractivity contribution in [3.63, 3.8) is 0 Å². The van der Waals surface area contributed by atoms with Crippen LogP contribution < -0.4 is 14.2 Å². The van der Waals surface area contributed by atoms with Gasteiger partial charge in [0.15, 0.2) is 0 Å². The Bertz CT molecular complexity index is 1610. The summed E-state index contributed by atoms with van der Waals surface area (Å²) in [4.78, 5) is 13.8. The van der Waals surface area contributed by atoms with Gasteiger partial charge in [-0.15, -0.1) is 13.2 Å². The number of alkyl halides is 3. The first-order valence-electron chi connectivity index (χ1n) is 14.6. The van der Waals surface area contributed by atoms with E-state index in [-0.39, 0.29) is 19.0 Å². The molecule has 0 aliphatic carbocycles. The Labute approximate surface area is 264 Å². The zero-order valence-corrected chi connectivity index (χ0v) is 25.4. The highest BCUT2D eigenvalue weighted by atomic mass is 35.5. The molecule has 6 nitrogen and oxygen atoms in total. The van der Waals surface area contributed by atoms with Crippen molar-refractivity contribution in [2.45, 2.75) is 58.3 Å². The molecule has 1 saturated heterocycles. The van der Waals surface area contributed by atoms with Gasteiger partial charge in [0.25, 0.3) is 0 Å². The quantitative estimate of drug-likeness (QED) is 0.177. The van der Waals surface area contributed by atoms with E-state index in [9.17, 15) is 23.1 Å². The molecule has 45 heavy (non-hydrogen) atoms. The third-order valence-electron chi connectivity index (χ3n) is 7.85. The molecule has 4 aromatic carbocycles. The highest BCUT2D eigenvalue weighted by Crippen LogP contribution is 2.36. The number of ether oxygens (including phenoxy) is 3. The summed E-state index contributed by atoms with van der Waals surface area (Å²) in [6, 6.07) is 24.3. The number of carboxylic acid groups (broad SMARTS) is 1. The molecule has 1 aliphatic heterocycles. The fraction of sp³-hybridized carbons (Fsp3) is 0.286. The second-order valence-corrected chi connectivity index (χ2v) is 11.3. The first-order chi connectivity index (χ1) is 21.6. The molecule has 1 fully saturated rings. The summed E-state index contributed by atoms with van der Waals surface area (Å²) in [5.41, 5.74) is 5.56. The molecule has 1 atom stereocenters. The van der Waals surface area contributed by atoms with Crippen LogP contribution in [-0.2, 0) is 24.6 Å². The van der Waals surface area contributed by atoms with E-state index in [1.165, 1.54) is 24.3 Å². The fourth-order valence-corrected chi connectivity index (χ4v) is 5.74. The van der Waals surface area contributed by atoms with Crippen LogP contribution in [0.2, 0.25) is 5.02 Å². The van der Waals surface area contributed by atoms with Crippen molar-refractivity contribution in [1.82, 2.24) is 4.90 Å². The number of carbonyl (C=O) groups is 1. The van der Waals surface area contributed by atoms with E-state index in [1.807, 2.05) is 42.2 Å². The third kappa shape index (κ3) is 8.49. The third-order valence-corrected chi connectivity index (χ3v) is 8.15. The molecule has 0 radical (unpaired) electrons. The Kier molecular flexibility index (Phi) is 10.2. The normalized spacial score (nSPS) is 15.4. The lowest BCUT2D eigenvalue weighted by molar-refractivity contribution is -0.274. The second kappa shape index (κ2) is 14.3. The van der Waals surface area contributed by atoms with Gasteiger partial charge in [-0.05, 0) is 72.3 Å². The Morgan fingerprint density at radius 3 is 2.36 bits per heavy atom. The van der Waals surface area contributed by atoms with Gasteiger partial charge in [-0.2, -0.15) is 0 Å². The van der Waals surface area contributed by atoms with Gasteiger partial charge in [0, 0.05) is 18.2 Å². The zero-order chi connectivity index (χ0) is 32.0. The summed E-state index contributed by atoms with van der Waals surface area (Å²) in [7, 11) is 0. The molecule has 0 amide bonds. The van der Waals surface area contributed by atoms with Crippen LogP contribution in [0.3, 0.4) is 0 Å². The molecule has 0 aromatic heterocycles. The van der Waals surface area contributed by atoms with Gasteiger partial charge < -0.3 is 19.3 Å². The molecule has 1 aliphatic rings. The lowest BCUT2D eigenvalue weighted by Gasteiger charge is -2.33. The van der Waals surface area contributed by atoms with Crippen molar-refractivity contribution in [3.8, 4) is 28.4 Å². The van der Waals surface area contributed by atoms with Gasteiger partial charge in [-0.25, -0.2) is 0 Å². The van der Waals surface area contributed by atoms with E-state index in [0.717, 1.165) is 35.1 Å². The van der Waals surface area contributed by atoms with E-state index in [1.54, 1.807) is 12.1 Å². The maximum Gasteiger partial charge on any atom is 0.573 e. The van der Waals surface area contributed by atoms with Crippen LogP contribution >= 0.6 is 11.6 Å². The summed E-state index contributed by atoms with van der Waals surface area (Å²) in [6.07, 6.45) is -2.52. The molecule has 0 spiro atoms. The number of halogens is 4. The standard InChI is InChI=1S/C35H33ClF3NO5/c1-23-26(10-7-11-29(23)25-8-3-2-4-9-25)22-44-33-19-32(43-21-24-13-15-28(16-14-24)45-35(37,38)39)27(18-30(33)36)20-40-17-6-5-12-31(40)34(41)42/h2-4,7-11,13-16,18-19,31H,5-6,12,17,20-22H2,1H3,(H,41,42)/t31-/m1/s1. The van der Waals surface area contributed by atoms with Gasteiger partial charge in [0.1, 0.15) is 36.5 Å². The topological polar surface area (TPSA) is 68.2 Å². The largest absolute Gasteiger partial charge is 0.573 e. The zero-order valence-electron chi connectivity index (χ0n) is 24.6. The van der Waals surface area contributed by atoms with Crippen molar-refractivity contribution in [1.29, 1.82) is 0 Å². The Balaban J connectivity index is 1.38. The van der Waals surface area contributed by atoms with E-state index >= 15 is 0 Å². The van der Waals surface area contributed by atoms with Gasteiger partial charge in [-0.1, -0.05) is 78.7 Å². The van der Waals surface area contributed by atoms with Crippen LogP contribution in [0.1, 0.15) is 41.5 Å². The Hall–Kier alpha value is -4.21. The van der Waals surface area contributed by atoms with Crippen LogP contribution in [0.15, 0.2) is 84.9 Å². The van der Waals surface area contributed by atoms with Crippen molar-refractivity contribution < 1.29 is 37.3 Å². The SMILES string of the molecule is Cc1c(COc2cc(OCc3ccc(OC(F)(F)F)cc3)c(CN3CCCC[C@@H]3C(=O)O)cc2Cl)cccc1-c1ccccc1. The molecular formula is C35H33ClF3NO5. The summed E-state index contributed by atoms with van der Waals surface area (Å²) in [5, 5.41) is 10.1. The predicted molar refractivity (Wildman–Crippen MR) is 166 cm³/mol. The smallest absolute Gasteiger partial charge is 0.488 e. The van der Waals surface area contributed by atoms with Crippen molar-refractivity contribution in [2.75, 3.05) is 6.54 Å². The fourth-order valence-electron chi connectivity index (χ4n) is 5.50. The molecule has 1 N–H and O–H groups in total. The maximum absolute atomic E-state index is 12.6. The highest BCUT2D eigenvalue weighted by Gasteiger charge is 2.31. The van der Waals surface area contributed by atoms with Crippen LogP contribution in [0.25, 0.3) is 11.1 Å². The number of nitrogens with zero attached hydrogens (tertiary/aromatic N) is 1. The average Bonchev–Trinajstić information content (AvgIpc) is 3.01. The van der Waals surface area contributed by atoms with Crippen molar-refractivity contribution in [2.24, 2.45) is 0 Å². The Morgan fingerprint density at radius 1 is 0.911 bits per heavy atom. The van der Waals surface area contributed by atoms with Crippen molar-refractivity contribution >= 4 is 17.6 Å². The van der Waals surface area contributed by atoms with Gasteiger partial charge in [-0.3, -0.25) is 9.69 Å². The number of rotatable bonds is 11. The summed E-state index contributed by atoms with van der Waals surface area (Å²) >= 11 is 6.72. The molecule has 0 saturated carbocycles. The minimum absolute atomic E-state index is 0.0426. The van der Waals surface area contributed by atoms with Gasteiger partial charge >= 0.3 is 12.3 Å². The summed E-state index contributed by atoms with van der Waals surface area (Å²) < 4.78 is 54.1. The van der Waals surface area contributed by atoms with E-state index in [0.29, 0.717) is 47.2 Å². The highest BCUT2D eigenvalue weighted by molar-refractivity contribution is 6.32. The minimum Gasteiger partial charge on any atom is -0.488 e. The van der Waals surface area contributed by atoms with E-state index in [2.05, 4.69) is 22.9 Å². The first kappa shape index (κ1) is 32.2. The number of aliphatic carboxylic acids is 1. The second-order valence-electron chi connectivity index (χ2n) is 10.9. The monoisotopic (exact) mass is 639 g/mol.